The molecular formula is C10H17NO4. The summed E-state index contributed by atoms with van der Waals surface area (Å²) in [4.78, 5) is 23.9. The van der Waals surface area contributed by atoms with Gasteiger partial charge in [-0.1, -0.05) is 6.92 Å². The van der Waals surface area contributed by atoms with E-state index in [9.17, 15) is 9.59 Å². The summed E-state index contributed by atoms with van der Waals surface area (Å²) in [5.74, 6) is -0.0928. The predicted molar refractivity (Wildman–Crippen MR) is 53.3 cm³/mol. The molecule has 0 aliphatic carbocycles. The van der Waals surface area contributed by atoms with E-state index in [4.69, 9.17) is 4.74 Å². The van der Waals surface area contributed by atoms with Crippen molar-refractivity contribution >= 4 is 12.0 Å². The normalized spacial score (nSPS) is 19.9. The van der Waals surface area contributed by atoms with Crippen LogP contribution in [0.15, 0.2) is 0 Å². The van der Waals surface area contributed by atoms with Crippen molar-refractivity contribution in [3.63, 3.8) is 0 Å². The Bertz CT molecular complexity index is 254. The van der Waals surface area contributed by atoms with Crippen molar-refractivity contribution in [2.24, 2.45) is 5.92 Å². The molecule has 86 valence electrons. The standard InChI is InChI=1S/C10H17NO4/c1-7(8(2)14-3)6-9(12)11-4-5-15-10(11)13/h7-8H,4-6H2,1-3H3. The zero-order valence-corrected chi connectivity index (χ0v) is 9.36. The van der Waals surface area contributed by atoms with Crippen molar-refractivity contribution in [3.05, 3.63) is 0 Å². The van der Waals surface area contributed by atoms with Crippen LogP contribution in [0.5, 0.6) is 0 Å². The van der Waals surface area contributed by atoms with Gasteiger partial charge in [-0.3, -0.25) is 4.79 Å². The van der Waals surface area contributed by atoms with Crippen molar-refractivity contribution in [1.29, 1.82) is 0 Å². The molecule has 2 atom stereocenters. The Balaban J connectivity index is 2.44. The first kappa shape index (κ1) is 12.0. The molecule has 1 saturated heterocycles. The highest BCUT2D eigenvalue weighted by atomic mass is 16.6. The van der Waals surface area contributed by atoms with Gasteiger partial charge in [-0.05, 0) is 12.8 Å². The molecule has 0 aromatic heterocycles. The molecule has 0 aromatic rings. The van der Waals surface area contributed by atoms with Gasteiger partial charge >= 0.3 is 6.09 Å². The highest BCUT2D eigenvalue weighted by Crippen LogP contribution is 2.14. The molecule has 2 amide bonds. The Morgan fingerprint density at radius 3 is 2.73 bits per heavy atom. The molecule has 2 unspecified atom stereocenters. The highest BCUT2D eigenvalue weighted by Gasteiger charge is 2.29. The van der Waals surface area contributed by atoms with Crippen molar-refractivity contribution < 1.29 is 19.1 Å². The molecule has 0 spiro atoms. The second-order valence-electron chi connectivity index (χ2n) is 3.78. The van der Waals surface area contributed by atoms with E-state index in [2.05, 4.69) is 4.74 Å². The van der Waals surface area contributed by atoms with Gasteiger partial charge in [-0.25, -0.2) is 9.69 Å². The van der Waals surface area contributed by atoms with Crippen LogP contribution in [0.4, 0.5) is 4.79 Å². The molecule has 1 aliphatic rings. The van der Waals surface area contributed by atoms with E-state index in [-0.39, 0.29) is 17.9 Å². The summed E-state index contributed by atoms with van der Waals surface area (Å²) >= 11 is 0. The molecule has 1 heterocycles. The molecule has 1 aliphatic heterocycles. The zero-order valence-electron chi connectivity index (χ0n) is 9.36. The molecule has 1 rings (SSSR count). The Kier molecular flexibility index (Phi) is 4.08. The Morgan fingerprint density at radius 1 is 1.60 bits per heavy atom. The van der Waals surface area contributed by atoms with Crippen LogP contribution in [-0.2, 0) is 14.3 Å². The summed E-state index contributed by atoms with van der Waals surface area (Å²) in [5, 5.41) is 0. The van der Waals surface area contributed by atoms with Crippen LogP contribution < -0.4 is 0 Å². The van der Waals surface area contributed by atoms with E-state index in [1.165, 1.54) is 0 Å². The fourth-order valence-electron chi connectivity index (χ4n) is 1.40. The SMILES string of the molecule is COC(C)C(C)CC(=O)N1CCOC1=O. The smallest absolute Gasteiger partial charge is 0.416 e. The van der Waals surface area contributed by atoms with Gasteiger partial charge in [0.05, 0.1) is 12.6 Å². The first-order chi connectivity index (χ1) is 7.06. The van der Waals surface area contributed by atoms with Crippen LogP contribution in [0.2, 0.25) is 0 Å². The van der Waals surface area contributed by atoms with Gasteiger partial charge in [0.25, 0.3) is 0 Å². The Morgan fingerprint density at radius 2 is 2.27 bits per heavy atom. The minimum Gasteiger partial charge on any atom is -0.447 e. The monoisotopic (exact) mass is 215 g/mol. The van der Waals surface area contributed by atoms with E-state index in [1.807, 2.05) is 13.8 Å². The van der Waals surface area contributed by atoms with E-state index < -0.39 is 6.09 Å². The van der Waals surface area contributed by atoms with Crippen LogP contribution in [0, 0.1) is 5.92 Å². The molecule has 1 fully saturated rings. The van der Waals surface area contributed by atoms with E-state index in [0.717, 1.165) is 4.90 Å². The number of hydrogen-bond donors (Lipinski definition) is 0. The highest BCUT2D eigenvalue weighted by molar-refractivity contribution is 5.93. The molecule has 0 aromatic carbocycles. The van der Waals surface area contributed by atoms with E-state index >= 15 is 0 Å². The number of amides is 2. The maximum atomic E-state index is 11.7. The van der Waals surface area contributed by atoms with Crippen molar-refractivity contribution in [1.82, 2.24) is 4.90 Å². The number of carbonyl (C=O) groups is 2. The maximum absolute atomic E-state index is 11.7. The molecular weight excluding hydrogens is 198 g/mol. The molecule has 0 saturated carbocycles. The second kappa shape index (κ2) is 5.11. The van der Waals surface area contributed by atoms with Crippen LogP contribution >= 0.6 is 0 Å². The van der Waals surface area contributed by atoms with Crippen LogP contribution in [-0.4, -0.2) is 43.3 Å². The third-order valence-corrected chi connectivity index (χ3v) is 2.73. The number of imide groups is 1. The first-order valence-electron chi connectivity index (χ1n) is 5.06. The topological polar surface area (TPSA) is 55.8 Å². The summed E-state index contributed by atoms with van der Waals surface area (Å²) < 4.78 is 9.81. The van der Waals surface area contributed by atoms with Gasteiger partial charge in [-0.15, -0.1) is 0 Å². The second-order valence-corrected chi connectivity index (χ2v) is 3.78. The lowest BCUT2D eigenvalue weighted by atomic mass is 10.0. The third kappa shape index (κ3) is 2.92. The summed E-state index contributed by atoms with van der Waals surface area (Å²) in [6.45, 7) is 4.50. The van der Waals surface area contributed by atoms with Crippen LogP contribution in [0.3, 0.4) is 0 Å². The minimum atomic E-state index is -0.530. The van der Waals surface area contributed by atoms with E-state index in [1.54, 1.807) is 7.11 Å². The Hall–Kier alpha value is -1.10. The Labute approximate surface area is 89.3 Å². The minimum absolute atomic E-state index is 0.00701. The molecule has 5 nitrogen and oxygen atoms in total. The van der Waals surface area contributed by atoms with Crippen molar-refractivity contribution in [3.8, 4) is 0 Å². The number of methoxy groups -OCH3 is 1. The molecule has 0 bridgehead atoms. The average Bonchev–Trinajstić information content (AvgIpc) is 2.63. The van der Waals surface area contributed by atoms with Crippen LogP contribution in [0.1, 0.15) is 20.3 Å². The largest absolute Gasteiger partial charge is 0.447 e. The van der Waals surface area contributed by atoms with Gasteiger partial charge in [0.15, 0.2) is 0 Å². The zero-order chi connectivity index (χ0) is 11.4. The number of rotatable bonds is 4. The van der Waals surface area contributed by atoms with Crippen molar-refractivity contribution in [2.75, 3.05) is 20.3 Å². The van der Waals surface area contributed by atoms with Crippen LogP contribution in [0.25, 0.3) is 0 Å². The van der Waals surface area contributed by atoms with Gasteiger partial charge in [0.1, 0.15) is 6.61 Å². The van der Waals surface area contributed by atoms with Gasteiger partial charge in [-0.2, -0.15) is 0 Å². The van der Waals surface area contributed by atoms with Gasteiger partial charge in [0.2, 0.25) is 5.91 Å². The first-order valence-corrected chi connectivity index (χ1v) is 5.06. The fourth-order valence-corrected chi connectivity index (χ4v) is 1.40. The summed E-state index contributed by atoms with van der Waals surface area (Å²) in [6, 6.07) is 0. The van der Waals surface area contributed by atoms with Crippen molar-refractivity contribution in [2.45, 2.75) is 26.4 Å². The number of carbonyl (C=O) groups excluding carboxylic acids is 2. The predicted octanol–water partition coefficient (Wildman–Crippen LogP) is 1.03. The third-order valence-electron chi connectivity index (χ3n) is 2.73. The fraction of sp³-hybridized carbons (Fsp3) is 0.800. The number of nitrogens with zero attached hydrogens (tertiary/aromatic N) is 1. The molecule has 15 heavy (non-hydrogen) atoms. The quantitative estimate of drug-likeness (QED) is 0.702. The molecule has 0 N–H and O–H groups in total. The summed E-state index contributed by atoms with van der Waals surface area (Å²) in [6.07, 6.45) is -0.214. The lowest BCUT2D eigenvalue weighted by Gasteiger charge is -2.19. The summed E-state index contributed by atoms with van der Waals surface area (Å²) in [5.41, 5.74) is 0. The maximum Gasteiger partial charge on any atom is 0.416 e. The molecule has 0 radical (unpaired) electrons. The number of hydrogen-bond acceptors (Lipinski definition) is 4. The number of ether oxygens (including phenoxy) is 2. The summed E-state index contributed by atoms with van der Waals surface area (Å²) in [7, 11) is 1.61. The average molecular weight is 215 g/mol. The molecule has 5 heteroatoms. The van der Waals surface area contributed by atoms with E-state index in [0.29, 0.717) is 19.6 Å². The van der Waals surface area contributed by atoms with Gasteiger partial charge < -0.3 is 9.47 Å². The number of cyclic esters (lactones) is 1. The van der Waals surface area contributed by atoms with Gasteiger partial charge in [0, 0.05) is 13.5 Å². The lowest BCUT2D eigenvalue weighted by Crippen LogP contribution is -2.34. The lowest BCUT2D eigenvalue weighted by molar-refractivity contribution is -0.129.